The molecule has 0 aliphatic heterocycles. The molecule has 1 aromatic carbocycles. The van der Waals surface area contributed by atoms with Crippen LogP contribution in [0, 0.1) is 11.3 Å². The Kier molecular flexibility index (Phi) is 3.49. The van der Waals surface area contributed by atoms with Crippen molar-refractivity contribution in [2.24, 2.45) is 0 Å². The Labute approximate surface area is 86.9 Å². The summed E-state index contributed by atoms with van der Waals surface area (Å²) in [6, 6.07) is 6.95. The minimum Gasteiger partial charge on any atom is -0.461 e. The molecule has 0 spiro atoms. The largest absolute Gasteiger partial charge is 0.461 e. The van der Waals surface area contributed by atoms with E-state index in [0.717, 1.165) is 0 Å². The van der Waals surface area contributed by atoms with Gasteiger partial charge < -0.3 is 4.74 Å². The Morgan fingerprint density at radius 1 is 1.64 bits per heavy atom. The first kappa shape index (κ1) is 10.6. The molecule has 0 heterocycles. The van der Waals surface area contributed by atoms with E-state index in [2.05, 4.69) is 0 Å². The number of hydrogen-bond acceptors (Lipinski definition) is 3. The Hall–Kier alpha value is -1.53. The molecule has 0 N–H and O–H groups in total. The lowest BCUT2D eigenvalue weighted by atomic mass is 10.1. The Bertz CT molecular complexity index is 396. The average Bonchev–Trinajstić information content (AvgIpc) is 2.15. The van der Waals surface area contributed by atoms with E-state index in [1.54, 1.807) is 18.2 Å². The Morgan fingerprint density at radius 2 is 2.36 bits per heavy atom. The third-order valence-corrected chi connectivity index (χ3v) is 2.01. The van der Waals surface area contributed by atoms with Crippen molar-refractivity contribution in [1.29, 1.82) is 5.26 Å². The van der Waals surface area contributed by atoms with Crippen LogP contribution in [0.3, 0.4) is 0 Å². The van der Waals surface area contributed by atoms with Crippen LogP contribution in [-0.4, -0.2) is 5.97 Å². The monoisotopic (exact) mass is 209 g/mol. The lowest BCUT2D eigenvalue weighted by Gasteiger charge is -2.05. The molecule has 0 amide bonds. The fourth-order valence-electron chi connectivity index (χ4n) is 0.984. The molecule has 1 rings (SSSR count). The number of rotatable bonds is 2. The van der Waals surface area contributed by atoms with Crippen molar-refractivity contribution >= 4 is 17.6 Å². The van der Waals surface area contributed by atoms with E-state index < -0.39 is 5.97 Å². The second-order valence-corrected chi connectivity index (χ2v) is 3.07. The summed E-state index contributed by atoms with van der Waals surface area (Å²) in [5.41, 5.74) is 0.977. The van der Waals surface area contributed by atoms with E-state index in [4.69, 9.17) is 21.6 Å². The number of ether oxygens (including phenoxy) is 1. The van der Waals surface area contributed by atoms with Gasteiger partial charge in [-0.25, -0.2) is 0 Å². The molecule has 72 valence electrons. The van der Waals surface area contributed by atoms with Gasteiger partial charge in [0.05, 0.1) is 11.6 Å². The third kappa shape index (κ3) is 2.48. The Balaban J connectivity index is 2.94. The van der Waals surface area contributed by atoms with Crippen LogP contribution in [0.15, 0.2) is 18.2 Å². The van der Waals surface area contributed by atoms with Crippen LogP contribution in [0.4, 0.5) is 0 Å². The minimum atomic E-state index is -0.395. The predicted molar refractivity (Wildman–Crippen MR) is 51.6 cm³/mol. The molecule has 1 aromatic rings. The van der Waals surface area contributed by atoms with Crippen molar-refractivity contribution in [2.75, 3.05) is 0 Å². The number of nitrogens with zero attached hydrogens (tertiary/aromatic N) is 1. The minimum absolute atomic E-state index is 0.0396. The van der Waals surface area contributed by atoms with Crippen molar-refractivity contribution in [3.63, 3.8) is 0 Å². The summed E-state index contributed by atoms with van der Waals surface area (Å²) < 4.78 is 4.78. The molecule has 0 saturated carbocycles. The van der Waals surface area contributed by atoms with Gasteiger partial charge >= 0.3 is 5.97 Å². The van der Waals surface area contributed by atoms with Crippen molar-refractivity contribution in [3.05, 3.63) is 34.3 Å². The van der Waals surface area contributed by atoms with E-state index in [1.807, 2.05) is 6.07 Å². The third-order valence-electron chi connectivity index (χ3n) is 1.66. The maximum Gasteiger partial charge on any atom is 0.302 e. The molecule has 4 heteroatoms. The van der Waals surface area contributed by atoms with Crippen LogP contribution in [0.2, 0.25) is 5.02 Å². The van der Waals surface area contributed by atoms with E-state index in [1.165, 1.54) is 6.92 Å². The van der Waals surface area contributed by atoms with Crippen LogP contribution >= 0.6 is 11.6 Å². The molecule has 0 aromatic heterocycles. The van der Waals surface area contributed by atoms with Gasteiger partial charge in [-0.2, -0.15) is 5.26 Å². The SMILES string of the molecule is CC(=O)OCc1c(Cl)cccc1C#N. The molecule has 0 radical (unpaired) electrons. The molecule has 14 heavy (non-hydrogen) atoms. The van der Waals surface area contributed by atoms with Crippen LogP contribution in [0.5, 0.6) is 0 Å². The molecule has 3 nitrogen and oxygen atoms in total. The fourth-order valence-corrected chi connectivity index (χ4v) is 1.21. The quantitative estimate of drug-likeness (QED) is 0.702. The Morgan fingerprint density at radius 3 is 2.93 bits per heavy atom. The van der Waals surface area contributed by atoms with Crippen LogP contribution in [0.25, 0.3) is 0 Å². The fraction of sp³-hybridized carbons (Fsp3) is 0.200. The summed E-state index contributed by atoms with van der Waals surface area (Å²) in [4.78, 5) is 10.6. The highest BCUT2D eigenvalue weighted by Gasteiger charge is 2.07. The number of carbonyl (C=O) groups excluding carboxylic acids is 1. The van der Waals surface area contributed by atoms with Crippen LogP contribution < -0.4 is 0 Å². The van der Waals surface area contributed by atoms with Gasteiger partial charge in [-0.1, -0.05) is 17.7 Å². The number of carbonyl (C=O) groups is 1. The molecular formula is C10H8ClNO2. The van der Waals surface area contributed by atoms with Gasteiger partial charge in [0.25, 0.3) is 0 Å². The van der Waals surface area contributed by atoms with Crippen molar-refractivity contribution in [3.8, 4) is 6.07 Å². The van der Waals surface area contributed by atoms with Gasteiger partial charge in [-0.05, 0) is 12.1 Å². The van der Waals surface area contributed by atoms with Gasteiger partial charge in [0.2, 0.25) is 0 Å². The lowest BCUT2D eigenvalue weighted by Crippen LogP contribution is -2.01. The van der Waals surface area contributed by atoms with Gasteiger partial charge in [-0.3, -0.25) is 4.79 Å². The first-order valence-corrected chi connectivity index (χ1v) is 4.34. The first-order chi connectivity index (χ1) is 6.65. The predicted octanol–water partition coefficient (Wildman–Crippen LogP) is 2.27. The highest BCUT2D eigenvalue weighted by atomic mass is 35.5. The molecule has 0 atom stereocenters. The van der Waals surface area contributed by atoms with Crippen molar-refractivity contribution in [2.45, 2.75) is 13.5 Å². The smallest absolute Gasteiger partial charge is 0.302 e. The summed E-state index contributed by atoms with van der Waals surface area (Å²) in [6.45, 7) is 1.35. The second kappa shape index (κ2) is 4.64. The number of halogens is 1. The van der Waals surface area contributed by atoms with Crippen molar-refractivity contribution in [1.82, 2.24) is 0 Å². The first-order valence-electron chi connectivity index (χ1n) is 3.96. The number of hydrogen-bond donors (Lipinski definition) is 0. The van der Waals surface area contributed by atoms with Crippen LogP contribution in [-0.2, 0) is 16.1 Å². The maximum atomic E-state index is 10.6. The molecule has 0 aliphatic carbocycles. The molecule has 0 bridgehead atoms. The summed E-state index contributed by atoms with van der Waals surface area (Å²) in [5.74, 6) is -0.395. The lowest BCUT2D eigenvalue weighted by molar-refractivity contribution is -0.142. The summed E-state index contributed by atoms with van der Waals surface area (Å²) in [7, 11) is 0. The maximum absolute atomic E-state index is 10.6. The van der Waals surface area contributed by atoms with E-state index in [0.29, 0.717) is 16.1 Å². The second-order valence-electron chi connectivity index (χ2n) is 2.66. The van der Waals surface area contributed by atoms with Crippen LogP contribution in [0.1, 0.15) is 18.1 Å². The summed E-state index contributed by atoms with van der Waals surface area (Å²) in [5, 5.41) is 9.19. The number of nitriles is 1. The zero-order valence-corrected chi connectivity index (χ0v) is 8.34. The molecule has 0 fully saturated rings. The highest BCUT2D eigenvalue weighted by Crippen LogP contribution is 2.20. The zero-order valence-electron chi connectivity index (χ0n) is 7.58. The van der Waals surface area contributed by atoms with E-state index >= 15 is 0 Å². The molecule has 0 aliphatic rings. The highest BCUT2D eigenvalue weighted by molar-refractivity contribution is 6.31. The van der Waals surface area contributed by atoms with Gasteiger partial charge in [-0.15, -0.1) is 0 Å². The summed E-state index contributed by atoms with van der Waals surface area (Å²) in [6.07, 6.45) is 0. The number of esters is 1. The standard InChI is InChI=1S/C10H8ClNO2/c1-7(13)14-6-9-8(5-12)3-2-4-10(9)11/h2-4H,6H2,1H3. The summed E-state index contributed by atoms with van der Waals surface area (Å²) >= 11 is 5.85. The average molecular weight is 210 g/mol. The molecular weight excluding hydrogens is 202 g/mol. The van der Waals surface area contributed by atoms with E-state index in [9.17, 15) is 4.79 Å². The van der Waals surface area contributed by atoms with Gasteiger partial charge in [0.1, 0.15) is 6.61 Å². The zero-order chi connectivity index (χ0) is 10.6. The molecule has 0 saturated heterocycles. The topological polar surface area (TPSA) is 50.1 Å². The number of benzene rings is 1. The van der Waals surface area contributed by atoms with Crippen molar-refractivity contribution < 1.29 is 9.53 Å². The van der Waals surface area contributed by atoms with Gasteiger partial charge in [0.15, 0.2) is 0 Å². The molecule has 0 unspecified atom stereocenters. The van der Waals surface area contributed by atoms with Gasteiger partial charge in [0, 0.05) is 17.5 Å². The van der Waals surface area contributed by atoms with E-state index in [-0.39, 0.29) is 6.61 Å². The normalized spacial score (nSPS) is 9.21.